The molecule has 1 aliphatic rings. The summed E-state index contributed by atoms with van der Waals surface area (Å²) in [7, 11) is 1.39. The van der Waals surface area contributed by atoms with Gasteiger partial charge in [0.15, 0.2) is 5.41 Å². The maximum atomic E-state index is 11.8. The molecule has 5 nitrogen and oxygen atoms in total. The SMILES string of the molecule is COC(=O)C1(c2nc(C(C)C)c(C)[nH]2)COC1. The Morgan fingerprint density at radius 3 is 2.53 bits per heavy atom. The van der Waals surface area contributed by atoms with Gasteiger partial charge < -0.3 is 14.5 Å². The molecule has 5 heteroatoms. The fraction of sp³-hybridized carbons (Fsp3) is 0.667. The third kappa shape index (κ3) is 1.74. The summed E-state index contributed by atoms with van der Waals surface area (Å²) < 4.78 is 10.0. The minimum atomic E-state index is -0.730. The van der Waals surface area contributed by atoms with Gasteiger partial charge in [0.2, 0.25) is 0 Å². The molecule has 1 aromatic rings. The van der Waals surface area contributed by atoms with E-state index in [-0.39, 0.29) is 5.97 Å². The number of nitrogens with zero attached hydrogens (tertiary/aromatic N) is 1. The van der Waals surface area contributed by atoms with Crippen molar-refractivity contribution in [3.8, 4) is 0 Å². The number of aryl methyl sites for hydroxylation is 1. The van der Waals surface area contributed by atoms with E-state index in [4.69, 9.17) is 9.47 Å². The Kier molecular flexibility index (Phi) is 2.95. The van der Waals surface area contributed by atoms with Crippen LogP contribution in [-0.2, 0) is 19.7 Å². The highest BCUT2D eigenvalue weighted by Crippen LogP contribution is 2.33. The van der Waals surface area contributed by atoms with Crippen LogP contribution in [0.3, 0.4) is 0 Å². The first-order valence-corrected chi connectivity index (χ1v) is 5.74. The van der Waals surface area contributed by atoms with Gasteiger partial charge in [-0.1, -0.05) is 13.8 Å². The molecule has 0 radical (unpaired) electrons. The minimum absolute atomic E-state index is 0.284. The Hall–Kier alpha value is -1.36. The highest BCUT2D eigenvalue weighted by molar-refractivity contribution is 5.83. The second kappa shape index (κ2) is 4.14. The topological polar surface area (TPSA) is 64.2 Å². The number of aromatic amines is 1. The van der Waals surface area contributed by atoms with Crippen LogP contribution in [0, 0.1) is 6.92 Å². The van der Waals surface area contributed by atoms with Gasteiger partial charge in [-0.2, -0.15) is 0 Å². The van der Waals surface area contributed by atoms with Crippen molar-refractivity contribution in [3.63, 3.8) is 0 Å². The van der Waals surface area contributed by atoms with E-state index in [0.29, 0.717) is 25.0 Å². The Balaban J connectivity index is 2.39. The number of ether oxygens (including phenoxy) is 2. The zero-order chi connectivity index (χ0) is 12.6. The molecule has 1 aromatic heterocycles. The monoisotopic (exact) mass is 238 g/mol. The number of nitrogens with one attached hydrogen (secondary N) is 1. The Labute approximate surface area is 101 Å². The number of methoxy groups -OCH3 is 1. The molecule has 0 atom stereocenters. The number of esters is 1. The lowest BCUT2D eigenvalue weighted by molar-refractivity contribution is -0.167. The van der Waals surface area contributed by atoms with Crippen LogP contribution in [0.4, 0.5) is 0 Å². The van der Waals surface area contributed by atoms with Crippen LogP contribution < -0.4 is 0 Å². The third-order valence-corrected chi connectivity index (χ3v) is 3.20. The molecule has 0 bridgehead atoms. The number of H-pyrrole nitrogens is 1. The van der Waals surface area contributed by atoms with E-state index in [0.717, 1.165) is 11.4 Å². The van der Waals surface area contributed by atoms with Gasteiger partial charge in [0, 0.05) is 5.69 Å². The Morgan fingerprint density at radius 1 is 1.53 bits per heavy atom. The van der Waals surface area contributed by atoms with Crippen molar-refractivity contribution in [2.75, 3.05) is 20.3 Å². The van der Waals surface area contributed by atoms with Gasteiger partial charge in [-0.15, -0.1) is 0 Å². The van der Waals surface area contributed by atoms with Crippen molar-refractivity contribution in [3.05, 3.63) is 17.2 Å². The molecule has 0 aliphatic carbocycles. The number of carbonyl (C=O) groups excluding carboxylic acids is 1. The van der Waals surface area contributed by atoms with E-state index >= 15 is 0 Å². The van der Waals surface area contributed by atoms with E-state index in [9.17, 15) is 4.79 Å². The Bertz CT molecular complexity index is 433. The molecule has 0 unspecified atom stereocenters. The van der Waals surface area contributed by atoms with Crippen molar-refractivity contribution in [2.24, 2.45) is 0 Å². The molecule has 17 heavy (non-hydrogen) atoms. The molecular formula is C12H18N2O3. The molecule has 1 aliphatic heterocycles. The fourth-order valence-electron chi connectivity index (χ4n) is 2.12. The fourth-order valence-corrected chi connectivity index (χ4v) is 2.12. The van der Waals surface area contributed by atoms with Crippen LogP contribution in [0.15, 0.2) is 0 Å². The van der Waals surface area contributed by atoms with Crippen molar-refractivity contribution < 1.29 is 14.3 Å². The standard InChI is InChI=1S/C12H18N2O3/c1-7(2)9-8(3)13-10(14-9)12(5-17-6-12)11(15)16-4/h7H,5-6H2,1-4H3,(H,13,14). The zero-order valence-corrected chi connectivity index (χ0v) is 10.7. The highest BCUT2D eigenvalue weighted by atomic mass is 16.5. The molecular weight excluding hydrogens is 220 g/mol. The molecule has 2 heterocycles. The second-order valence-electron chi connectivity index (χ2n) is 4.82. The maximum absolute atomic E-state index is 11.8. The average molecular weight is 238 g/mol. The number of carbonyl (C=O) groups is 1. The number of aromatic nitrogens is 2. The summed E-state index contributed by atoms with van der Waals surface area (Å²) in [4.78, 5) is 19.6. The molecule has 94 valence electrons. The summed E-state index contributed by atoms with van der Waals surface area (Å²) in [5.41, 5.74) is 1.27. The van der Waals surface area contributed by atoms with Crippen LogP contribution in [0.2, 0.25) is 0 Å². The van der Waals surface area contributed by atoms with Crippen molar-refractivity contribution in [1.29, 1.82) is 0 Å². The maximum Gasteiger partial charge on any atom is 0.324 e. The number of imidazole rings is 1. The van der Waals surface area contributed by atoms with Gasteiger partial charge in [-0.25, -0.2) is 4.98 Å². The van der Waals surface area contributed by atoms with Gasteiger partial charge in [0.05, 0.1) is 26.0 Å². The summed E-state index contributed by atoms with van der Waals surface area (Å²) in [6, 6.07) is 0. The van der Waals surface area contributed by atoms with Crippen LogP contribution >= 0.6 is 0 Å². The van der Waals surface area contributed by atoms with Crippen molar-refractivity contribution in [2.45, 2.75) is 32.1 Å². The van der Waals surface area contributed by atoms with E-state index in [1.807, 2.05) is 6.92 Å². The molecule has 1 fully saturated rings. The molecule has 0 amide bonds. The predicted molar refractivity (Wildman–Crippen MR) is 61.9 cm³/mol. The smallest absolute Gasteiger partial charge is 0.324 e. The van der Waals surface area contributed by atoms with E-state index in [1.165, 1.54) is 7.11 Å². The highest BCUT2D eigenvalue weighted by Gasteiger charge is 2.51. The van der Waals surface area contributed by atoms with E-state index < -0.39 is 5.41 Å². The van der Waals surface area contributed by atoms with Crippen molar-refractivity contribution in [1.82, 2.24) is 9.97 Å². The van der Waals surface area contributed by atoms with E-state index in [1.54, 1.807) is 0 Å². The Morgan fingerprint density at radius 2 is 2.18 bits per heavy atom. The lowest BCUT2D eigenvalue weighted by Gasteiger charge is -2.36. The van der Waals surface area contributed by atoms with E-state index in [2.05, 4.69) is 23.8 Å². The average Bonchev–Trinajstić information content (AvgIpc) is 2.58. The van der Waals surface area contributed by atoms with Crippen LogP contribution in [-0.4, -0.2) is 36.3 Å². The van der Waals surface area contributed by atoms with Gasteiger partial charge >= 0.3 is 5.97 Å². The second-order valence-corrected chi connectivity index (χ2v) is 4.82. The molecule has 2 rings (SSSR count). The normalized spacial score (nSPS) is 17.9. The molecule has 0 aromatic carbocycles. The number of hydrogen-bond acceptors (Lipinski definition) is 4. The van der Waals surface area contributed by atoms with Gasteiger partial charge in [0.1, 0.15) is 5.82 Å². The molecule has 0 saturated carbocycles. The third-order valence-electron chi connectivity index (χ3n) is 3.20. The van der Waals surface area contributed by atoms with Crippen LogP contribution in [0.5, 0.6) is 0 Å². The first-order chi connectivity index (χ1) is 8.01. The minimum Gasteiger partial charge on any atom is -0.468 e. The van der Waals surface area contributed by atoms with Gasteiger partial charge in [-0.3, -0.25) is 4.79 Å². The summed E-state index contributed by atoms with van der Waals surface area (Å²) in [6.45, 7) is 6.80. The lowest BCUT2D eigenvalue weighted by atomic mass is 9.85. The molecule has 1 saturated heterocycles. The zero-order valence-electron chi connectivity index (χ0n) is 10.7. The lowest BCUT2D eigenvalue weighted by Crippen LogP contribution is -2.54. The first-order valence-electron chi connectivity index (χ1n) is 5.74. The summed E-state index contributed by atoms with van der Waals surface area (Å²) >= 11 is 0. The summed E-state index contributed by atoms with van der Waals surface area (Å²) in [6.07, 6.45) is 0. The predicted octanol–water partition coefficient (Wildman–Crippen LogP) is 1.28. The summed E-state index contributed by atoms with van der Waals surface area (Å²) in [5.74, 6) is 0.709. The molecule has 0 spiro atoms. The quantitative estimate of drug-likeness (QED) is 0.806. The van der Waals surface area contributed by atoms with Gasteiger partial charge in [0.25, 0.3) is 0 Å². The first kappa shape index (κ1) is 12.1. The van der Waals surface area contributed by atoms with Crippen molar-refractivity contribution >= 4 is 5.97 Å². The van der Waals surface area contributed by atoms with Gasteiger partial charge in [-0.05, 0) is 12.8 Å². The number of hydrogen-bond donors (Lipinski definition) is 1. The number of rotatable bonds is 3. The van der Waals surface area contributed by atoms with Crippen LogP contribution in [0.1, 0.15) is 37.0 Å². The van der Waals surface area contributed by atoms with Crippen LogP contribution in [0.25, 0.3) is 0 Å². The largest absolute Gasteiger partial charge is 0.468 e. The molecule has 1 N–H and O–H groups in total. The summed E-state index contributed by atoms with van der Waals surface area (Å²) in [5, 5.41) is 0.